The van der Waals surface area contributed by atoms with Gasteiger partial charge in [0.2, 0.25) is 5.91 Å². The van der Waals surface area contributed by atoms with E-state index in [9.17, 15) is 4.79 Å². The van der Waals surface area contributed by atoms with Gasteiger partial charge in [0, 0.05) is 24.9 Å². The van der Waals surface area contributed by atoms with E-state index in [0.717, 1.165) is 12.0 Å². The fourth-order valence-corrected chi connectivity index (χ4v) is 1.44. The predicted octanol–water partition coefficient (Wildman–Crippen LogP) is 2.21. The summed E-state index contributed by atoms with van der Waals surface area (Å²) < 4.78 is 5.38. The first-order chi connectivity index (χ1) is 9.08. The number of rotatable bonds is 7. The minimum Gasteiger partial charge on any atom is -0.399 e. The van der Waals surface area contributed by atoms with Gasteiger partial charge in [-0.3, -0.25) is 4.79 Å². The lowest BCUT2D eigenvalue weighted by atomic mass is 10.2. The Morgan fingerprint density at radius 2 is 2.05 bits per heavy atom. The second kappa shape index (κ2) is 8.32. The van der Waals surface area contributed by atoms with Crippen molar-refractivity contribution in [3.63, 3.8) is 0 Å². The van der Waals surface area contributed by atoms with Gasteiger partial charge in [0.25, 0.3) is 0 Å². The average Bonchev–Trinajstić information content (AvgIpc) is 2.37. The highest BCUT2D eigenvalue weighted by Gasteiger charge is 1.96. The summed E-state index contributed by atoms with van der Waals surface area (Å²) in [6, 6.07) is 7.35. The molecule has 0 spiro atoms. The van der Waals surface area contributed by atoms with Gasteiger partial charge in [-0.25, -0.2) is 0 Å². The molecule has 0 fully saturated rings. The molecular formula is C15H22N2O2. The van der Waals surface area contributed by atoms with E-state index >= 15 is 0 Å². The lowest BCUT2D eigenvalue weighted by Crippen LogP contribution is -2.23. The highest BCUT2D eigenvalue weighted by atomic mass is 16.5. The molecule has 1 amide bonds. The molecule has 0 heterocycles. The van der Waals surface area contributed by atoms with Gasteiger partial charge in [-0.1, -0.05) is 12.1 Å². The molecule has 4 nitrogen and oxygen atoms in total. The summed E-state index contributed by atoms with van der Waals surface area (Å²) >= 11 is 0. The van der Waals surface area contributed by atoms with Crippen molar-refractivity contribution < 1.29 is 9.53 Å². The molecular weight excluding hydrogens is 240 g/mol. The van der Waals surface area contributed by atoms with E-state index in [4.69, 9.17) is 10.5 Å². The molecule has 4 heteroatoms. The third-order valence-corrected chi connectivity index (χ3v) is 2.44. The summed E-state index contributed by atoms with van der Waals surface area (Å²) in [5.41, 5.74) is 7.25. The topological polar surface area (TPSA) is 64.3 Å². The third-order valence-electron chi connectivity index (χ3n) is 2.44. The van der Waals surface area contributed by atoms with Gasteiger partial charge in [0.15, 0.2) is 0 Å². The first-order valence-corrected chi connectivity index (χ1v) is 6.51. The van der Waals surface area contributed by atoms with E-state index in [1.54, 1.807) is 18.2 Å². The molecule has 0 aliphatic heterocycles. The lowest BCUT2D eigenvalue weighted by Gasteiger charge is -2.07. The Labute approximate surface area is 114 Å². The Bertz CT molecular complexity index is 411. The Morgan fingerprint density at radius 1 is 1.37 bits per heavy atom. The van der Waals surface area contributed by atoms with Gasteiger partial charge in [-0.15, -0.1) is 0 Å². The third kappa shape index (κ3) is 7.26. The SMILES string of the molecule is CC(C)OCCCNC(=O)/C=C/c1ccc(N)cc1. The maximum absolute atomic E-state index is 11.5. The number of hydrogen-bond donors (Lipinski definition) is 2. The monoisotopic (exact) mass is 262 g/mol. The van der Waals surface area contributed by atoms with Gasteiger partial charge in [-0.05, 0) is 44.0 Å². The summed E-state index contributed by atoms with van der Waals surface area (Å²) in [4.78, 5) is 11.5. The zero-order chi connectivity index (χ0) is 14.1. The van der Waals surface area contributed by atoms with Crippen molar-refractivity contribution in [2.45, 2.75) is 26.4 Å². The average molecular weight is 262 g/mol. The molecule has 0 aromatic heterocycles. The van der Waals surface area contributed by atoms with Crippen LogP contribution in [0, 0.1) is 0 Å². The Hall–Kier alpha value is -1.81. The molecule has 1 aromatic rings. The number of hydrogen-bond acceptors (Lipinski definition) is 3. The number of anilines is 1. The molecule has 0 unspecified atom stereocenters. The molecule has 1 aromatic carbocycles. The van der Waals surface area contributed by atoms with E-state index < -0.39 is 0 Å². The summed E-state index contributed by atoms with van der Waals surface area (Å²) in [5.74, 6) is -0.0960. The number of carbonyl (C=O) groups is 1. The van der Waals surface area contributed by atoms with E-state index in [1.807, 2.05) is 26.0 Å². The summed E-state index contributed by atoms with van der Waals surface area (Å²) in [7, 11) is 0. The minimum absolute atomic E-state index is 0.0960. The van der Waals surface area contributed by atoms with Crippen LogP contribution in [0.15, 0.2) is 30.3 Å². The number of amides is 1. The second-order valence-corrected chi connectivity index (χ2v) is 4.56. The molecule has 0 saturated carbocycles. The molecule has 1 rings (SSSR count). The number of nitrogen functional groups attached to an aromatic ring is 1. The highest BCUT2D eigenvalue weighted by molar-refractivity contribution is 5.91. The number of nitrogens with two attached hydrogens (primary N) is 1. The molecule has 3 N–H and O–H groups in total. The van der Waals surface area contributed by atoms with Gasteiger partial charge >= 0.3 is 0 Å². The van der Waals surface area contributed by atoms with Gasteiger partial charge in [0.1, 0.15) is 0 Å². The van der Waals surface area contributed by atoms with Gasteiger partial charge < -0.3 is 15.8 Å². The second-order valence-electron chi connectivity index (χ2n) is 4.56. The van der Waals surface area contributed by atoms with Crippen LogP contribution in [0.1, 0.15) is 25.8 Å². The maximum Gasteiger partial charge on any atom is 0.244 e. The van der Waals surface area contributed by atoms with Crippen LogP contribution in [0.3, 0.4) is 0 Å². The quantitative estimate of drug-likeness (QED) is 0.450. The van der Waals surface area contributed by atoms with Crippen LogP contribution in [0.5, 0.6) is 0 Å². The van der Waals surface area contributed by atoms with Crippen molar-refractivity contribution in [2.24, 2.45) is 0 Å². The Balaban J connectivity index is 2.22. The van der Waals surface area contributed by atoms with Crippen molar-refractivity contribution in [1.29, 1.82) is 0 Å². The number of ether oxygens (including phenoxy) is 1. The normalized spacial score (nSPS) is 11.1. The number of nitrogens with one attached hydrogen (secondary N) is 1. The van der Waals surface area contributed by atoms with Crippen molar-refractivity contribution in [2.75, 3.05) is 18.9 Å². The summed E-state index contributed by atoms with van der Waals surface area (Å²) in [6.07, 6.45) is 4.34. The van der Waals surface area contributed by atoms with Crippen molar-refractivity contribution in [3.8, 4) is 0 Å². The van der Waals surface area contributed by atoms with E-state index in [1.165, 1.54) is 6.08 Å². The molecule has 19 heavy (non-hydrogen) atoms. The van der Waals surface area contributed by atoms with Crippen LogP contribution in [-0.4, -0.2) is 25.2 Å². The highest BCUT2D eigenvalue weighted by Crippen LogP contribution is 2.06. The lowest BCUT2D eigenvalue weighted by molar-refractivity contribution is -0.116. The summed E-state index contributed by atoms with van der Waals surface area (Å²) in [5, 5.41) is 2.81. The molecule has 0 radical (unpaired) electrons. The van der Waals surface area contributed by atoms with Crippen LogP contribution in [0.25, 0.3) is 6.08 Å². The number of benzene rings is 1. The first kappa shape index (κ1) is 15.2. The smallest absolute Gasteiger partial charge is 0.244 e. The van der Waals surface area contributed by atoms with Crippen LogP contribution in [-0.2, 0) is 9.53 Å². The van der Waals surface area contributed by atoms with E-state index in [2.05, 4.69) is 5.32 Å². The molecule has 0 aliphatic rings. The standard InChI is InChI=1S/C15H22N2O2/c1-12(2)19-11-3-10-17-15(18)9-6-13-4-7-14(16)8-5-13/h4-9,12H,3,10-11,16H2,1-2H3,(H,17,18)/b9-6+. The van der Waals surface area contributed by atoms with Crippen molar-refractivity contribution in [1.82, 2.24) is 5.32 Å². The van der Waals surface area contributed by atoms with E-state index in [0.29, 0.717) is 18.8 Å². The van der Waals surface area contributed by atoms with Gasteiger partial charge in [-0.2, -0.15) is 0 Å². The number of carbonyl (C=O) groups excluding carboxylic acids is 1. The van der Waals surface area contributed by atoms with Gasteiger partial charge in [0.05, 0.1) is 6.10 Å². The van der Waals surface area contributed by atoms with Crippen LogP contribution < -0.4 is 11.1 Å². The molecule has 0 bridgehead atoms. The maximum atomic E-state index is 11.5. The Morgan fingerprint density at radius 3 is 2.68 bits per heavy atom. The fraction of sp³-hybridized carbons (Fsp3) is 0.400. The van der Waals surface area contributed by atoms with E-state index in [-0.39, 0.29) is 12.0 Å². The van der Waals surface area contributed by atoms with Crippen LogP contribution in [0.2, 0.25) is 0 Å². The Kier molecular flexibility index (Phi) is 6.68. The van der Waals surface area contributed by atoms with Crippen LogP contribution >= 0.6 is 0 Å². The zero-order valence-corrected chi connectivity index (χ0v) is 11.6. The van der Waals surface area contributed by atoms with Crippen molar-refractivity contribution >= 4 is 17.7 Å². The molecule has 0 atom stereocenters. The predicted molar refractivity (Wildman–Crippen MR) is 78.6 cm³/mol. The molecule has 104 valence electrons. The van der Waals surface area contributed by atoms with Crippen molar-refractivity contribution in [3.05, 3.63) is 35.9 Å². The zero-order valence-electron chi connectivity index (χ0n) is 11.6. The molecule has 0 aliphatic carbocycles. The van der Waals surface area contributed by atoms with Crippen LogP contribution in [0.4, 0.5) is 5.69 Å². The first-order valence-electron chi connectivity index (χ1n) is 6.51. The fourth-order valence-electron chi connectivity index (χ4n) is 1.44. The summed E-state index contributed by atoms with van der Waals surface area (Å²) in [6.45, 7) is 5.28. The molecule has 0 saturated heterocycles. The largest absolute Gasteiger partial charge is 0.399 e. The minimum atomic E-state index is -0.0960.